The van der Waals surface area contributed by atoms with Gasteiger partial charge >= 0.3 is 6.09 Å². The highest BCUT2D eigenvalue weighted by atomic mass is 32.1. The molecule has 136 valence electrons. The molecule has 0 radical (unpaired) electrons. The molecule has 2 aromatic heterocycles. The highest BCUT2D eigenvalue weighted by Gasteiger charge is 2.27. The van der Waals surface area contributed by atoms with Crippen LogP contribution in [0.1, 0.15) is 29.4 Å². The van der Waals surface area contributed by atoms with Gasteiger partial charge in [0.15, 0.2) is 0 Å². The van der Waals surface area contributed by atoms with Crippen molar-refractivity contribution in [1.29, 1.82) is 0 Å². The Morgan fingerprint density at radius 1 is 1.27 bits per heavy atom. The van der Waals surface area contributed by atoms with E-state index in [4.69, 9.17) is 4.74 Å². The zero-order valence-corrected chi connectivity index (χ0v) is 16.1. The Morgan fingerprint density at radius 2 is 2.12 bits per heavy atom. The van der Waals surface area contributed by atoms with Crippen LogP contribution in [0.4, 0.5) is 4.79 Å². The van der Waals surface area contributed by atoms with Crippen LogP contribution in [0.25, 0.3) is 19.5 Å². The van der Waals surface area contributed by atoms with Crippen molar-refractivity contribution in [3.8, 4) is 0 Å². The molecule has 1 aromatic carbocycles. The molecule has 3 aromatic rings. The number of ether oxygens (including phenoxy) is 1. The van der Waals surface area contributed by atoms with E-state index in [2.05, 4.69) is 17.4 Å². The maximum atomic E-state index is 13.0. The van der Waals surface area contributed by atoms with E-state index in [1.54, 1.807) is 29.6 Å². The lowest BCUT2D eigenvalue weighted by atomic mass is 10.1. The van der Waals surface area contributed by atoms with Crippen LogP contribution in [-0.4, -0.2) is 42.6 Å². The number of hydrogen-bond acceptors (Lipinski definition) is 5. The number of rotatable bonds is 3. The summed E-state index contributed by atoms with van der Waals surface area (Å²) in [6.45, 7) is 3.39. The summed E-state index contributed by atoms with van der Waals surface area (Å²) in [6.07, 6.45) is 1.34. The second kappa shape index (κ2) is 7.25. The van der Waals surface area contributed by atoms with Crippen molar-refractivity contribution in [2.24, 2.45) is 0 Å². The average Bonchev–Trinajstić information content (AvgIpc) is 3.19. The number of hydrogen-bond donors (Lipinski definition) is 1. The molecule has 0 unspecified atom stereocenters. The summed E-state index contributed by atoms with van der Waals surface area (Å²) >= 11 is 3.29. The van der Waals surface area contributed by atoms with Crippen molar-refractivity contribution in [3.63, 3.8) is 0 Å². The average molecular weight is 389 g/mol. The minimum absolute atomic E-state index is 0.0475. The summed E-state index contributed by atoms with van der Waals surface area (Å²) < 4.78 is 8.55. The molecule has 2 amide bonds. The summed E-state index contributed by atoms with van der Waals surface area (Å²) in [5.74, 6) is 0.0536. The third-order valence-electron chi connectivity index (χ3n) is 4.57. The summed E-state index contributed by atoms with van der Waals surface area (Å²) in [6, 6.07) is 10.3. The van der Waals surface area contributed by atoms with Crippen LogP contribution >= 0.6 is 22.7 Å². The molecule has 26 heavy (non-hydrogen) atoms. The topological polar surface area (TPSA) is 58.6 Å². The number of carbonyl (C=O) groups excluding carboxylic acids is 2. The van der Waals surface area contributed by atoms with Gasteiger partial charge < -0.3 is 15.0 Å². The van der Waals surface area contributed by atoms with Gasteiger partial charge in [-0.2, -0.15) is 0 Å². The fourth-order valence-electron chi connectivity index (χ4n) is 3.38. The van der Waals surface area contributed by atoms with Crippen LogP contribution < -0.4 is 5.32 Å². The normalized spacial score (nSPS) is 17.6. The molecule has 4 rings (SSSR count). The molecule has 5 nitrogen and oxygen atoms in total. The van der Waals surface area contributed by atoms with Crippen LogP contribution in [-0.2, 0) is 4.74 Å². The van der Waals surface area contributed by atoms with Crippen LogP contribution in [0.3, 0.4) is 0 Å². The van der Waals surface area contributed by atoms with Gasteiger partial charge in [0, 0.05) is 33.9 Å². The molecule has 1 N–H and O–H groups in total. The molecular weight excluding hydrogens is 368 g/mol. The molecule has 0 spiro atoms. The molecule has 0 aliphatic carbocycles. The van der Waals surface area contributed by atoms with Crippen LogP contribution in [0.15, 0.2) is 30.3 Å². The Balaban J connectivity index is 1.51. The van der Waals surface area contributed by atoms with Crippen LogP contribution in [0, 0.1) is 0 Å². The Kier molecular flexibility index (Phi) is 4.82. The fourth-order valence-corrected chi connectivity index (χ4v) is 5.87. The van der Waals surface area contributed by atoms with Gasteiger partial charge in [-0.25, -0.2) is 4.79 Å². The summed E-state index contributed by atoms with van der Waals surface area (Å²) in [5, 5.41) is 4.07. The van der Waals surface area contributed by atoms with E-state index < -0.39 is 6.09 Å². The smallest absolute Gasteiger partial charge is 0.407 e. The Morgan fingerprint density at radius 3 is 2.96 bits per heavy atom. The number of likely N-dealkylation sites (tertiary alicyclic amines) is 1. The summed E-state index contributed by atoms with van der Waals surface area (Å²) in [5.41, 5.74) is 0. The molecule has 3 heterocycles. The Bertz CT molecular complexity index is 962. The Hall–Kier alpha value is -2.12. The molecule has 1 atom stereocenters. The van der Waals surface area contributed by atoms with Crippen molar-refractivity contribution < 1.29 is 14.3 Å². The zero-order valence-electron chi connectivity index (χ0n) is 14.5. The summed E-state index contributed by atoms with van der Waals surface area (Å²) in [7, 11) is 0. The van der Waals surface area contributed by atoms with E-state index in [1.165, 1.54) is 14.8 Å². The predicted octanol–water partition coefficient (Wildman–Crippen LogP) is 4.47. The van der Waals surface area contributed by atoms with Crippen molar-refractivity contribution >= 4 is 54.2 Å². The Labute approximate surface area is 159 Å². The number of fused-ring (bicyclic) bond motifs is 3. The molecule has 7 heteroatoms. The molecule has 0 saturated carbocycles. The number of nitrogens with zero attached hydrogens (tertiary/aromatic N) is 1. The number of nitrogens with one attached hydrogen (secondary N) is 1. The van der Waals surface area contributed by atoms with E-state index in [1.807, 2.05) is 23.1 Å². The first kappa shape index (κ1) is 17.3. The van der Waals surface area contributed by atoms with Crippen LogP contribution in [0.5, 0.6) is 0 Å². The number of amides is 2. The monoisotopic (exact) mass is 388 g/mol. The molecular formula is C19H20N2O3S2. The van der Waals surface area contributed by atoms with Crippen molar-refractivity contribution in [2.45, 2.75) is 25.8 Å². The third kappa shape index (κ3) is 3.29. The lowest BCUT2D eigenvalue weighted by Gasteiger charge is -2.32. The minimum Gasteiger partial charge on any atom is -0.450 e. The number of piperidine rings is 1. The van der Waals surface area contributed by atoms with Crippen molar-refractivity contribution in [2.75, 3.05) is 19.7 Å². The van der Waals surface area contributed by atoms with E-state index in [-0.39, 0.29) is 11.9 Å². The van der Waals surface area contributed by atoms with E-state index in [0.29, 0.717) is 13.2 Å². The number of carbonyl (C=O) groups is 2. The molecule has 1 aliphatic heterocycles. The van der Waals surface area contributed by atoms with E-state index in [0.717, 1.165) is 29.0 Å². The van der Waals surface area contributed by atoms with Crippen molar-refractivity contribution in [3.05, 3.63) is 35.2 Å². The highest BCUT2D eigenvalue weighted by Crippen LogP contribution is 2.39. The van der Waals surface area contributed by atoms with Gasteiger partial charge in [-0.05, 0) is 31.9 Å². The maximum Gasteiger partial charge on any atom is 0.407 e. The first-order valence-electron chi connectivity index (χ1n) is 8.79. The lowest BCUT2D eigenvalue weighted by Crippen LogP contribution is -2.49. The zero-order chi connectivity index (χ0) is 18.1. The van der Waals surface area contributed by atoms with E-state index >= 15 is 0 Å². The second-order valence-electron chi connectivity index (χ2n) is 6.36. The highest BCUT2D eigenvalue weighted by molar-refractivity contribution is 7.33. The van der Waals surface area contributed by atoms with E-state index in [9.17, 15) is 9.59 Å². The van der Waals surface area contributed by atoms with Crippen molar-refractivity contribution in [1.82, 2.24) is 10.2 Å². The molecule has 0 bridgehead atoms. The van der Waals surface area contributed by atoms with Gasteiger partial charge in [0.05, 0.1) is 16.2 Å². The quantitative estimate of drug-likeness (QED) is 0.720. The first-order valence-corrected chi connectivity index (χ1v) is 10.4. The number of thiophene rings is 2. The van der Waals surface area contributed by atoms with Gasteiger partial charge in [0.1, 0.15) is 0 Å². The molecule has 1 fully saturated rings. The van der Waals surface area contributed by atoms with Gasteiger partial charge in [0.25, 0.3) is 5.91 Å². The van der Waals surface area contributed by atoms with Gasteiger partial charge in [-0.15, -0.1) is 22.7 Å². The third-order valence-corrected chi connectivity index (χ3v) is 6.97. The van der Waals surface area contributed by atoms with Gasteiger partial charge in [0.2, 0.25) is 0 Å². The number of benzene rings is 1. The minimum atomic E-state index is -0.407. The standard InChI is InChI=1S/C19H20N2O3S2/c1-2-24-19(23)20-12-6-5-9-21(11-12)18(22)16-10-15-17(26-16)13-7-3-4-8-14(13)25-15/h3-4,7-8,10,12H,2,5-6,9,11H2,1H3,(H,20,23)/t12-/m0/s1. The second-order valence-corrected chi connectivity index (χ2v) is 8.49. The van der Waals surface area contributed by atoms with Gasteiger partial charge in [-0.1, -0.05) is 18.2 Å². The molecule has 1 aliphatic rings. The van der Waals surface area contributed by atoms with Crippen LogP contribution in [0.2, 0.25) is 0 Å². The van der Waals surface area contributed by atoms with Gasteiger partial charge in [-0.3, -0.25) is 4.79 Å². The molecule has 1 saturated heterocycles. The summed E-state index contributed by atoms with van der Waals surface area (Å²) in [4.78, 5) is 27.2. The fraction of sp³-hybridized carbons (Fsp3) is 0.368. The maximum absolute atomic E-state index is 13.0. The number of alkyl carbamates (subject to hydrolysis) is 1. The largest absolute Gasteiger partial charge is 0.450 e. The SMILES string of the molecule is CCOC(=O)N[C@H]1CCCN(C(=O)c2cc3sc4ccccc4c3s2)C1. The predicted molar refractivity (Wildman–Crippen MR) is 106 cm³/mol. The lowest BCUT2D eigenvalue weighted by molar-refractivity contribution is 0.0691. The first-order chi connectivity index (χ1) is 12.7.